The molecule has 4 rings (SSSR count). The molecule has 0 aliphatic carbocycles. The van der Waals surface area contributed by atoms with Crippen LogP contribution in [0.15, 0.2) is 73.1 Å². The van der Waals surface area contributed by atoms with Gasteiger partial charge in [0, 0.05) is 36.5 Å². The predicted molar refractivity (Wildman–Crippen MR) is 141 cm³/mol. The summed E-state index contributed by atoms with van der Waals surface area (Å²) in [6.45, 7) is 0.514. The van der Waals surface area contributed by atoms with E-state index in [9.17, 15) is 33.4 Å². The summed E-state index contributed by atoms with van der Waals surface area (Å²) >= 11 is 0. The molecule has 0 bridgehead atoms. The zero-order valence-electron chi connectivity index (χ0n) is 21.8. The largest absolute Gasteiger partial charge is 0.508 e. The van der Waals surface area contributed by atoms with E-state index in [0.29, 0.717) is 21.6 Å². The minimum Gasteiger partial charge on any atom is -0.508 e. The maximum Gasteiger partial charge on any atom is 0.267 e. The molecule has 1 aliphatic rings. The first-order valence-electron chi connectivity index (χ1n) is 12.7. The Kier molecular flexibility index (Phi) is 8.73. The molecular formula is C29H30F2N4O5. The number of alkyl halides is 2. The SMILES string of the molecule is Cc1c(O)cccc1C(=O)NC(Cc1ccccc1)C(O)C(=O)N1CC(F)(F)CC1C(=O)NCc1cccnc1. The third kappa shape index (κ3) is 6.78. The first-order chi connectivity index (χ1) is 19.1. The Labute approximate surface area is 229 Å². The van der Waals surface area contributed by atoms with Crippen LogP contribution >= 0.6 is 0 Å². The molecule has 2 heterocycles. The molecular weight excluding hydrogens is 522 g/mol. The van der Waals surface area contributed by atoms with Crippen molar-refractivity contribution in [3.63, 3.8) is 0 Å². The number of nitrogens with one attached hydrogen (secondary N) is 2. The molecule has 3 amide bonds. The van der Waals surface area contributed by atoms with Crippen molar-refractivity contribution in [3.8, 4) is 5.75 Å². The summed E-state index contributed by atoms with van der Waals surface area (Å²) in [6, 6.07) is 13.7. The standard InChI is InChI=1S/C29H30F2N4O5/c1-18-21(10-5-11-24(18)36)26(38)34-22(13-19-7-3-2-4-8-19)25(37)28(40)35-17-29(30,31)14-23(35)27(39)33-16-20-9-6-12-32-15-20/h2-12,15,22-23,25,36-37H,13-14,16-17H2,1H3,(H,33,39)(H,34,38). The van der Waals surface area contributed by atoms with Gasteiger partial charge < -0.3 is 25.7 Å². The number of amides is 3. The number of hydrogen-bond donors (Lipinski definition) is 4. The molecule has 0 radical (unpaired) electrons. The second-order valence-corrected chi connectivity index (χ2v) is 9.79. The summed E-state index contributed by atoms with van der Waals surface area (Å²) < 4.78 is 29.0. The molecule has 40 heavy (non-hydrogen) atoms. The zero-order valence-corrected chi connectivity index (χ0v) is 21.8. The summed E-state index contributed by atoms with van der Waals surface area (Å²) in [6.07, 6.45) is 0.227. The van der Waals surface area contributed by atoms with E-state index in [2.05, 4.69) is 15.6 Å². The molecule has 11 heteroatoms. The van der Waals surface area contributed by atoms with Gasteiger partial charge in [-0.3, -0.25) is 19.4 Å². The van der Waals surface area contributed by atoms with Gasteiger partial charge in [-0.1, -0.05) is 42.5 Å². The topological polar surface area (TPSA) is 132 Å². The maximum atomic E-state index is 14.5. The van der Waals surface area contributed by atoms with Crippen molar-refractivity contribution >= 4 is 17.7 Å². The number of benzene rings is 2. The number of likely N-dealkylation sites (tertiary alicyclic amines) is 1. The van der Waals surface area contributed by atoms with Gasteiger partial charge in [0.2, 0.25) is 5.91 Å². The highest BCUT2D eigenvalue weighted by Crippen LogP contribution is 2.33. The van der Waals surface area contributed by atoms with E-state index in [4.69, 9.17) is 0 Å². The first kappa shape index (κ1) is 28.6. The van der Waals surface area contributed by atoms with Gasteiger partial charge in [-0.2, -0.15) is 0 Å². The van der Waals surface area contributed by atoms with Crippen molar-refractivity contribution in [1.29, 1.82) is 0 Å². The van der Waals surface area contributed by atoms with Crippen molar-refractivity contribution in [3.05, 3.63) is 95.3 Å². The Morgan fingerprint density at radius 3 is 2.50 bits per heavy atom. The Morgan fingerprint density at radius 2 is 1.80 bits per heavy atom. The maximum absolute atomic E-state index is 14.5. The van der Waals surface area contributed by atoms with E-state index < -0.39 is 54.8 Å². The van der Waals surface area contributed by atoms with E-state index in [1.165, 1.54) is 24.4 Å². The molecule has 3 unspecified atom stereocenters. The van der Waals surface area contributed by atoms with E-state index >= 15 is 0 Å². The average Bonchev–Trinajstić information content (AvgIpc) is 3.28. The summed E-state index contributed by atoms with van der Waals surface area (Å²) in [5.41, 5.74) is 1.73. The normalized spacial score (nSPS) is 17.6. The van der Waals surface area contributed by atoms with Crippen LogP contribution in [0.5, 0.6) is 5.75 Å². The van der Waals surface area contributed by atoms with E-state index in [-0.39, 0.29) is 24.3 Å². The lowest BCUT2D eigenvalue weighted by molar-refractivity contribution is -0.147. The van der Waals surface area contributed by atoms with Gasteiger partial charge in [-0.25, -0.2) is 8.78 Å². The molecule has 4 N–H and O–H groups in total. The van der Waals surface area contributed by atoms with Gasteiger partial charge in [-0.05, 0) is 42.7 Å². The molecule has 0 saturated carbocycles. The second kappa shape index (κ2) is 12.2. The van der Waals surface area contributed by atoms with Crippen LogP contribution in [0, 0.1) is 6.92 Å². The number of halogens is 2. The number of aliphatic hydroxyl groups excluding tert-OH is 1. The number of rotatable bonds is 9. The van der Waals surface area contributed by atoms with Gasteiger partial charge in [-0.15, -0.1) is 0 Å². The molecule has 1 aliphatic heterocycles. The van der Waals surface area contributed by atoms with Crippen molar-refractivity contribution < 1.29 is 33.4 Å². The van der Waals surface area contributed by atoms with Crippen molar-refractivity contribution in [1.82, 2.24) is 20.5 Å². The van der Waals surface area contributed by atoms with E-state index in [1.807, 2.05) is 0 Å². The molecule has 0 spiro atoms. The molecule has 1 aromatic heterocycles. The minimum atomic E-state index is -3.34. The number of hydrogen-bond acceptors (Lipinski definition) is 6. The number of phenolic OH excluding ortho intramolecular Hbond substituents is 1. The number of carbonyl (C=O) groups is 3. The van der Waals surface area contributed by atoms with Crippen LogP contribution in [0.4, 0.5) is 8.78 Å². The quantitative estimate of drug-likeness (QED) is 0.322. The predicted octanol–water partition coefficient (Wildman–Crippen LogP) is 2.35. The number of aromatic hydroxyl groups is 1. The number of aliphatic hydroxyl groups is 1. The lowest BCUT2D eigenvalue weighted by Crippen LogP contribution is -2.55. The van der Waals surface area contributed by atoms with Gasteiger partial charge in [0.05, 0.1) is 12.6 Å². The fraction of sp³-hybridized carbons (Fsp3) is 0.310. The van der Waals surface area contributed by atoms with Crippen LogP contribution in [-0.2, 0) is 22.6 Å². The summed E-state index contributed by atoms with van der Waals surface area (Å²) in [4.78, 5) is 44.1. The lowest BCUT2D eigenvalue weighted by atomic mass is 9.98. The molecule has 1 saturated heterocycles. The number of aromatic nitrogens is 1. The van der Waals surface area contributed by atoms with Crippen molar-refractivity contribution in [2.75, 3.05) is 6.54 Å². The Balaban J connectivity index is 1.55. The first-order valence-corrected chi connectivity index (χ1v) is 12.7. The number of phenols is 1. The fourth-order valence-electron chi connectivity index (χ4n) is 4.66. The Bertz CT molecular complexity index is 1360. The summed E-state index contributed by atoms with van der Waals surface area (Å²) in [7, 11) is 0. The van der Waals surface area contributed by atoms with Gasteiger partial charge in [0.1, 0.15) is 11.8 Å². The molecule has 1 fully saturated rings. The van der Waals surface area contributed by atoms with Gasteiger partial charge in [0.15, 0.2) is 6.10 Å². The molecule has 2 aromatic carbocycles. The molecule has 9 nitrogen and oxygen atoms in total. The highest BCUT2D eigenvalue weighted by molar-refractivity contribution is 5.97. The number of pyridine rings is 1. The van der Waals surface area contributed by atoms with E-state index in [0.717, 1.165) is 0 Å². The van der Waals surface area contributed by atoms with Crippen molar-refractivity contribution in [2.24, 2.45) is 0 Å². The van der Waals surface area contributed by atoms with Crippen LogP contribution in [0.2, 0.25) is 0 Å². The third-order valence-electron chi connectivity index (χ3n) is 6.84. The van der Waals surface area contributed by atoms with Crippen LogP contribution in [0.25, 0.3) is 0 Å². The Morgan fingerprint density at radius 1 is 1.07 bits per heavy atom. The van der Waals surface area contributed by atoms with Crippen molar-refractivity contribution in [2.45, 2.75) is 50.4 Å². The summed E-state index contributed by atoms with van der Waals surface area (Å²) in [5, 5.41) is 26.3. The fourth-order valence-corrected chi connectivity index (χ4v) is 4.66. The van der Waals surface area contributed by atoms with Crippen LogP contribution in [0.3, 0.4) is 0 Å². The number of nitrogens with zero attached hydrogens (tertiary/aromatic N) is 2. The van der Waals surface area contributed by atoms with Crippen LogP contribution < -0.4 is 10.6 Å². The Hall–Kier alpha value is -4.38. The van der Waals surface area contributed by atoms with Crippen LogP contribution in [0.1, 0.15) is 33.5 Å². The highest BCUT2D eigenvalue weighted by Gasteiger charge is 2.51. The zero-order chi connectivity index (χ0) is 28.9. The summed E-state index contributed by atoms with van der Waals surface area (Å²) in [5.74, 6) is -6.02. The highest BCUT2D eigenvalue weighted by atomic mass is 19.3. The van der Waals surface area contributed by atoms with Crippen LogP contribution in [-0.4, -0.2) is 68.5 Å². The monoisotopic (exact) mass is 552 g/mol. The number of carbonyl (C=O) groups excluding carboxylic acids is 3. The van der Waals surface area contributed by atoms with E-state index in [1.54, 1.807) is 55.6 Å². The molecule has 3 atom stereocenters. The molecule has 3 aromatic rings. The van der Waals surface area contributed by atoms with Gasteiger partial charge >= 0.3 is 0 Å². The van der Waals surface area contributed by atoms with Gasteiger partial charge in [0.25, 0.3) is 17.7 Å². The lowest BCUT2D eigenvalue weighted by Gasteiger charge is -2.30. The molecule has 210 valence electrons. The second-order valence-electron chi connectivity index (χ2n) is 9.79. The third-order valence-corrected chi connectivity index (χ3v) is 6.84. The smallest absolute Gasteiger partial charge is 0.267 e. The minimum absolute atomic E-state index is 0.000543. The average molecular weight is 553 g/mol.